The molecular weight excluding hydrogens is 340 g/mol. The summed E-state index contributed by atoms with van der Waals surface area (Å²) in [5, 5.41) is 0. The summed E-state index contributed by atoms with van der Waals surface area (Å²) >= 11 is 3.79. The van der Waals surface area contributed by atoms with Gasteiger partial charge in [-0.3, -0.25) is 4.90 Å². The van der Waals surface area contributed by atoms with Crippen molar-refractivity contribution in [3.05, 3.63) is 33.8 Å². The highest BCUT2D eigenvalue weighted by atomic mass is 79.9. The lowest BCUT2D eigenvalue weighted by atomic mass is 9.79. The van der Waals surface area contributed by atoms with Gasteiger partial charge >= 0.3 is 0 Å². The largest absolute Gasteiger partial charge is 0.379 e. The van der Waals surface area contributed by atoms with Gasteiger partial charge in [0.1, 0.15) is 0 Å². The molecule has 0 atom stereocenters. The van der Waals surface area contributed by atoms with Crippen LogP contribution in [0, 0.1) is 0 Å². The van der Waals surface area contributed by atoms with E-state index in [1.54, 1.807) is 0 Å². The third-order valence-electron chi connectivity index (χ3n) is 5.42. The van der Waals surface area contributed by atoms with Crippen molar-refractivity contribution in [1.29, 1.82) is 0 Å². The number of halogens is 1. The van der Waals surface area contributed by atoms with Crippen molar-refractivity contribution >= 4 is 15.9 Å². The minimum absolute atomic E-state index is 0.227. The Hall–Kier alpha value is -0.420. The fourth-order valence-corrected chi connectivity index (χ4v) is 4.42. The molecule has 22 heavy (non-hydrogen) atoms. The Balaban J connectivity index is 1.66. The highest BCUT2D eigenvalue weighted by Crippen LogP contribution is 2.41. The van der Waals surface area contributed by atoms with E-state index in [0.717, 1.165) is 45.8 Å². The van der Waals surface area contributed by atoms with Crippen LogP contribution in [0.3, 0.4) is 0 Å². The highest BCUT2D eigenvalue weighted by molar-refractivity contribution is 9.10. The zero-order chi connectivity index (χ0) is 15.4. The van der Waals surface area contributed by atoms with Crippen LogP contribution in [0.15, 0.2) is 22.7 Å². The summed E-state index contributed by atoms with van der Waals surface area (Å²) < 4.78 is 6.66. The SMILES string of the molecule is NCC1(c2ccc(CCN3CCOCC3)c(Br)c2)CCCC1. The van der Waals surface area contributed by atoms with E-state index in [9.17, 15) is 0 Å². The maximum atomic E-state index is 6.11. The first-order valence-corrected chi connectivity index (χ1v) is 9.32. The summed E-state index contributed by atoms with van der Waals surface area (Å²) in [5.41, 5.74) is 9.17. The van der Waals surface area contributed by atoms with Gasteiger partial charge in [0.05, 0.1) is 13.2 Å². The summed E-state index contributed by atoms with van der Waals surface area (Å²) in [6.45, 7) is 5.76. The van der Waals surface area contributed by atoms with Crippen LogP contribution in [-0.2, 0) is 16.6 Å². The van der Waals surface area contributed by atoms with Crippen molar-refractivity contribution < 1.29 is 4.74 Å². The van der Waals surface area contributed by atoms with Gasteiger partial charge in [-0.05, 0) is 36.5 Å². The maximum Gasteiger partial charge on any atom is 0.0594 e. The molecule has 0 spiro atoms. The smallest absolute Gasteiger partial charge is 0.0594 e. The van der Waals surface area contributed by atoms with Gasteiger partial charge in [0.2, 0.25) is 0 Å². The monoisotopic (exact) mass is 366 g/mol. The van der Waals surface area contributed by atoms with Crippen LogP contribution in [-0.4, -0.2) is 44.3 Å². The number of morpholine rings is 1. The lowest BCUT2D eigenvalue weighted by Gasteiger charge is -2.29. The minimum Gasteiger partial charge on any atom is -0.379 e. The lowest BCUT2D eigenvalue weighted by molar-refractivity contribution is 0.0384. The van der Waals surface area contributed by atoms with Crippen molar-refractivity contribution in [1.82, 2.24) is 4.90 Å². The van der Waals surface area contributed by atoms with Gasteiger partial charge in [-0.1, -0.05) is 40.9 Å². The van der Waals surface area contributed by atoms with Gasteiger partial charge in [-0.15, -0.1) is 0 Å². The Bertz CT molecular complexity index is 494. The molecule has 1 heterocycles. The molecule has 1 saturated heterocycles. The van der Waals surface area contributed by atoms with Crippen molar-refractivity contribution in [2.24, 2.45) is 5.73 Å². The van der Waals surface area contributed by atoms with Crippen molar-refractivity contribution in [3.63, 3.8) is 0 Å². The first-order chi connectivity index (χ1) is 10.7. The van der Waals surface area contributed by atoms with Crippen LogP contribution in [0.5, 0.6) is 0 Å². The number of hydrogen-bond acceptors (Lipinski definition) is 3. The molecule has 3 nitrogen and oxygen atoms in total. The zero-order valence-corrected chi connectivity index (χ0v) is 14.9. The van der Waals surface area contributed by atoms with Crippen molar-refractivity contribution in [3.8, 4) is 0 Å². The number of ether oxygens (including phenoxy) is 1. The minimum atomic E-state index is 0.227. The van der Waals surface area contributed by atoms with Crippen LogP contribution in [0.25, 0.3) is 0 Å². The predicted molar refractivity (Wildman–Crippen MR) is 94.3 cm³/mol. The van der Waals surface area contributed by atoms with Crippen LogP contribution in [0.2, 0.25) is 0 Å². The molecule has 1 saturated carbocycles. The highest BCUT2D eigenvalue weighted by Gasteiger charge is 2.34. The van der Waals surface area contributed by atoms with Crippen LogP contribution < -0.4 is 5.73 Å². The molecule has 1 aromatic rings. The van der Waals surface area contributed by atoms with Gasteiger partial charge in [0.15, 0.2) is 0 Å². The van der Waals surface area contributed by atoms with E-state index >= 15 is 0 Å². The molecule has 0 unspecified atom stereocenters. The Labute approximate surface area is 142 Å². The molecular formula is C18H27BrN2O. The van der Waals surface area contributed by atoms with Crippen LogP contribution >= 0.6 is 15.9 Å². The molecule has 0 amide bonds. The Morgan fingerprint density at radius 3 is 2.55 bits per heavy atom. The number of hydrogen-bond donors (Lipinski definition) is 1. The standard InChI is InChI=1S/C18H27BrN2O/c19-17-13-16(18(14-20)6-1-2-7-18)4-3-15(17)5-8-21-9-11-22-12-10-21/h3-4,13H,1-2,5-12,14,20H2. The van der Waals surface area contributed by atoms with Crippen LogP contribution in [0.1, 0.15) is 36.8 Å². The molecule has 1 aliphatic carbocycles. The molecule has 2 aliphatic rings. The van der Waals surface area contributed by atoms with Gasteiger partial charge < -0.3 is 10.5 Å². The van der Waals surface area contributed by atoms with E-state index in [0.29, 0.717) is 0 Å². The molecule has 0 aromatic heterocycles. The molecule has 1 aromatic carbocycles. The van der Waals surface area contributed by atoms with E-state index in [-0.39, 0.29) is 5.41 Å². The molecule has 4 heteroatoms. The quantitative estimate of drug-likeness (QED) is 0.869. The fourth-order valence-electron chi connectivity index (χ4n) is 3.85. The second-order valence-corrected chi connectivity index (χ2v) is 7.56. The topological polar surface area (TPSA) is 38.5 Å². The predicted octanol–water partition coefficient (Wildman–Crippen LogP) is 3.09. The summed E-state index contributed by atoms with van der Waals surface area (Å²) in [6.07, 6.45) is 6.20. The third-order valence-corrected chi connectivity index (χ3v) is 6.16. The number of nitrogens with zero attached hydrogens (tertiary/aromatic N) is 1. The Morgan fingerprint density at radius 2 is 1.91 bits per heavy atom. The number of nitrogens with two attached hydrogens (primary N) is 1. The van der Waals surface area contributed by atoms with E-state index < -0.39 is 0 Å². The molecule has 2 fully saturated rings. The second kappa shape index (κ2) is 7.43. The third kappa shape index (κ3) is 3.56. The van der Waals surface area contributed by atoms with Crippen molar-refractivity contribution in [2.75, 3.05) is 39.4 Å². The summed E-state index contributed by atoms with van der Waals surface area (Å²) in [7, 11) is 0. The van der Waals surface area contributed by atoms with E-state index in [2.05, 4.69) is 39.0 Å². The molecule has 0 radical (unpaired) electrons. The Morgan fingerprint density at radius 1 is 1.18 bits per heavy atom. The average Bonchev–Trinajstić information content (AvgIpc) is 3.05. The molecule has 3 rings (SSSR count). The van der Waals surface area contributed by atoms with Gasteiger partial charge in [-0.2, -0.15) is 0 Å². The van der Waals surface area contributed by atoms with Gasteiger partial charge in [0, 0.05) is 36.1 Å². The van der Waals surface area contributed by atoms with E-state index in [1.165, 1.54) is 41.3 Å². The van der Waals surface area contributed by atoms with Gasteiger partial charge in [-0.25, -0.2) is 0 Å². The summed E-state index contributed by atoms with van der Waals surface area (Å²) in [6, 6.07) is 6.94. The van der Waals surface area contributed by atoms with Crippen molar-refractivity contribution in [2.45, 2.75) is 37.5 Å². The first-order valence-electron chi connectivity index (χ1n) is 8.53. The Kier molecular flexibility index (Phi) is 5.55. The normalized spacial score (nSPS) is 22.1. The van der Waals surface area contributed by atoms with Gasteiger partial charge in [0.25, 0.3) is 0 Å². The van der Waals surface area contributed by atoms with E-state index in [1.807, 2.05) is 0 Å². The molecule has 122 valence electrons. The molecule has 2 N–H and O–H groups in total. The average molecular weight is 367 g/mol. The fraction of sp³-hybridized carbons (Fsp3) is 0.667. The zero-order valence-electron chi connectivity index (χ0n) is 13.3. The van der Waals surface area contributed by atoms with E-state index in [4.69, 9.17) is 10.5 Å². The summed E-state index contributed by atoms with van der Waals surface area (Å²) in [5.74, 6) is 0. The number of benzene rings is 1. The second-order valence-electron chi connectivity index (χ2n) is 6.70. The lowest BCUT2D eigenvalue weighted by Crippen LogP contribution is -2.37. The molecule has 0 bridgehead atoms. The summed E-state index contributed by atoms with van der Waals surface area (Å²) in [4.78, 5) is 2.49. The first kappa shape index (κ1) is 16.4. The maximum absolute atomic E-state index is 6.11. The molecule has 1 aliphatic heterocycles. The number of rotatable bonds is 5. The van der Waals surface area contributed by atoms with Crippen LogP contribution in [0.4, 0.5) is 0 Å².